The third-order valence-electron chi connectivity index (χ3n) is 3.89. The first-order valence-corrected chi connectivity index (χ1v) is 7.08. The molecule has 1 aliphatic carbocycles. The summed E-state index contributed by atoms with van der Waals surface area (Å²) >= 11 is 0. The molecule has 0 aromatic heterocycles. The fourth-order valence-corrected chi connectivity index (χ4v) is 2.68. The van der Waals surface area contributed by atoms with Crippen LogP contribution in [0, 0.1) is 5.92 Å². The van der Waals surface area contributed by atoms with E-state index in [1.807, 2.05) is 0 Å². The van der Waals surface area contributed by atoms with E-state index in [1.54, 1.807) is 0 Å². The Morgan fingerprint density at radius 2 is 1.82 bits per heavy atom. The minimum Gasteiger partial charge on any atom is -0.493 e. The van der Waals surface area contributed by atoms with Gasteiger partial charge in [-0.25, -0.2) is 0 Å². The summed E-state index contributed by atoms with van der Waals surface area (Å²) in [5.41, 5.74) is 11.7. The molecule has 22 heavy (non-hydrogen) atoms. The van der Waals surface area contributed by atoms with Crippen molar-refractivity contribution in [3.63, 3.8) is 0 Å². The summed E-state index contributed by atoms with van der Waals surface area (Å²) in [4.78, 5) is 23.9. The lowest BCUT2D eigenvalue weighted by atomic mass is 10.1. The van der Waals surface area contributed by atoms with Crippen molar-refractivity contribution in [3.05, 3.63) is 17.7 Å². The number of methoxy groups -OCH3 is 2. The number of anilines is 1. The van der Waals surface area contributed by atoms with E-state index in [1.165, 1.54) is 26.4 Å². The Balaban J connectivity index is 2.28. The van der Waals surface area contributed by atoms with Crippen LogP contribution in [0.15, 0.2) is 12.1 Å². The summed E-state index contributed by atoms with van der Waals surface area (Å²) in [5.74, 6) is -0.186. The van der Waals surface area contributed by atoms with Gasteiger partial charge >= 0.3 is 0 Å². The SMILES string of the molecule is COc1cc(NC(=O)C2CCC(N)C2)c(C(N)=O)cc1OC. The van der Waals surface area contributed by atoms with Crippen LogP contribution in [0.4, 0.5) is 5.69 Å². The molecule has 0 saturated heterocycles. The number of nitrogens with two attached hydrogens (primary N) is 2. The first kappa shape index (κ1) is 16.1. The zero-order valence-corrected chi connectivity index (χ0v) is 12.7. The lowest BCUT2D eigenvalue weighted by molar-refractivity contribution is -0.119. The molecular weight excluding hydrogens is 286 g/mol. The maximum Gasteiger partial charge on any atom is 0.250 e. The Hall–Kier alpha value is -2.28. The largest absolute Gasteiger partial charge is 0.493 e. The van der Waals surface area contributed by atoms with Crippen molar-refractivity contribution in [2.45, 2.75) is 25.3 Å². The van der Waals surface area contributed by atoms with Crippen LogP contribution in [-0.4, -0.2) is 32.1 Å². The average Bonchev–Trinajstić information content (AvgIpc) is 2.93. The fraction of sp³-hybridized carbons (Fsp3) is 0.467. The topological polar surface area (TPSA) is 117 Å². The Labute approximate surface area is 128 Å². The van der Waals surface area contributed by atoms with Crippen LogP contribution < -0.4 is 26.3 Å². The summed E-state index contributed by atoms with van der Waals surface area (Å²) < 4.78 is 10.3. The molecule has 0 spiro atoms. The highest BCUT2D eigenvalue weighted by molar-refractivity contribution is 6.04. The van der Waals surface area contributed by atoms with Gasteiger partial charge in [-0.3, -0.25) is 9.59 Å². The van der Waals surface area contributed by atoms with Gasteiger partial charge in [-0.1, -0.05) is 0 Å². The second-order valence-electron chi connectivity index (χ2n) is 5.38. The molecule has 0 aliphatic heterocycles. The van der Waals surface area contributed by atoms with Crippen molar-refractivity contribution >= 4 is 17.5 Å². The number of primary amides is 1. The predicted molar refractivity (Wildman–Crippen MR) is 82.0 cm³/mol. The van der Waals surface area contributed by atoms with Gasteiger partial charge in [-0.05, 0) is 25.3 Å². The van der Waals surface area contributed by atoms with Crippen molar-refractivity contribution in [2.24, 2.45) is 17.4 Å². The maximum atomic E-state index is 12.3. The van der Waals surface area contributed by atoms with Crippen LogP contribution in [0.1, 0.15) is 29.6 Å². The standard InChI is InChI=1S/C15H21N3O4/c1-21-12-6-10(14(17)19)11(7-13(12)22-2)18-15(20)8-3-4-9(16)5-8/h6-9H,3-5,16H2,1-2H3,(H2,17,19)(H,18,20). The van der Waals surface area contributed by atoms with Crippen molar-refractivity contribution in [1.29, 1.82) is 0 Å². The average molecular weight is 307 g/mol. The molecular formula is C15H21N3O4. The molecule has 2 amide bonds. The van der Waals surface area contributed by atoms with Gasteiger partial charge in [0.2, 0.25) is 5.91 Å². The van der Waals surface area contributed by atoms with Gasteiger partial charge < -0.3 is 26.3 Å². The number of amides is 2. The van der Waals surface area contributed by atoms with E-state index in [-0.39, 0.29) is 23.4 Å². The fourth-order valence-electron chi connectivity index (χ4n) is 2.68. The van der Waals surface area contributed by atoms with Gasteiger partial charge in [0.15, 0.2) is 11.5 Å². The third kappa shape index (κ3) is 3.30. The highest BCUT2D eigenvalue weighted by Gasteiger charge is 2.28. The summed E-state index contributed by atoms with van der Waals surface area (Å²) in [7, 11) is 2.93. The van der Waals surface area contributed by atoms with Crippen LogP contribution >= 0.6 is 0 Å². The van der Waals surface area contributed by atoms with Gasteiger partial charge in [-0.15, -0.1) is 0 Å². The molecule has 2 rings (SSSR count). The van der Waals surface area contributed by atoms with Crippen LogP contribution in [-0.2, 0) is 4.79 Å². The number of hydrogen-bond acceptors (Lipinski definition) is 5. The number of rotatable bonds is 5. The lowest BCUT2D eigenvalue weighted by Gasteiger charge is -2.16. The lowest BCUT2D eigenvalue weighted by Crippen LogP contribution is -2.25. The molecule has 1 aromatic carbocycles. The van der Waals surface area contributed by atoms with E-state index in [2.05, 4.69) is 5.32 Å². The third-order valence-corrected chi connectivity index (χ3v) is 3.89. The molecule has 120 valence electrons. The van der Waals surface area contributed by atoms with Gasteiger partial charge in [-0.2, -0.15) is 0 Å². The van der Waals surface area contributed by atoms with Gasteiger partial charge in [0.25, 0.3) is 5.91 Å². The molecule has 7 heteroatoms. The number of carbonyl (C=O) groups is 2. The monoisotopic (exact) mass is 307 g/mol. The highest BCUT2D eigenvalue weighted by atomic mass is 16.5. The second-order valence-corrected chi connectivity index (χ2v) is 5.38. The molecule has 5 N–H and O–H groups in total. The maximum absolute atomic E-state index is 12.3. The number of ether oxygens (including phenoxy) is 2. The van der Waals surface area contributed by atoms with E-state index in [9.17, 15) is 9.59 Å². The van der Waals surface area contributed by atoms with Crippen LogP contribution in [0.3, 0.4) is 0 Å². The van der Waals surface area contributed by atoms with Crippen molar-refractivity contribution in [1.82, 2.24) is 0 Å². The number of benzene rings is 1. The van der Waals surface area contributed by atoms with E-state index in [0.29, 0.717) is 23.6 Å². The minimum absolute atomic E-state index is 0.0526. The zero-order valence-electron chi connectivity index (χ0n) is 12.7. The minimum atomic E-state index is -0.653. The normalized spacial score (nSPS) is 20.5. The van der Waals surface area contributed by atoms with E-state index in [0.717, 1.165) is 12.8 Å². The van der Waals surface area contributed by atoms with E-state index >= 15 is 0 Å². The Bertz CT molecular complexity index is 588. The Morgan fingerprint density at radius 3 is 2.32 bits per heavy atom. The summed E-state index contributed by atoms with van der Waals surface area (Å²) in [5, 5.41) is 2.75. The molecule has 1 saturated carbocycles. The molecule has 2 unspecified atom stereocenters. The first-order chi connectivity index (χ1) is 10.5. The molecule has 1 fully saturated rings. The van der Waals surface area contributed by atoms with Crippen LogP contribution in [0.5, 0.6) is 11.5 Å². The van der Waals surface area contributed by atoms with E-state index in [4.69, 9.17) is 20.9 Å². The van der Waals surface area contributed by atoms with Crippen molar-refractivity contribution in [3.8, 4) is 11.5 Å². The Kier molecular flexibility index (Phi) is 4.87. The van der Waals surface area contributed by atoms with Gasteiger partial charge in [0.05, 0.1) is 25.5 Å². The number of nitrogens with one attached hydrogen (secondary N) is 1. The van der Waals surface area contributed by atoms with Gasteiger partial charge in [0.1, 0.15) is 0 Å². The van der Waals surface area contributed by atoms with Crippen LogP contribution in [0.2, 0.25) is 0 Å². The summed E-state index contributed by atoms with van der Waals surface area (Å²) in [6.45, 7) is 0. The molecule has 1 aliphatic rings. The molecule has 0 bridgehead atoms. The number of carbonyl (C=O) groups excluding carboxylic acids is 2. The smallest absolute Gasteiger partial charge is 0.250 e. The van der Waals surface area contributed by atoms with E-state index < -0.39 is 5.91 Å². The summed E-state index contributed by atoms with van der Waals surface area (Å²) in [6, 6.07) is 3.04. The molecule has 7 nitrogen and oxygen atoms in total. The zero-order chi connectivity index (χ0) is 16.3. The predicted octanol–water partition coefficient (Wildman–Crippen LogP) is 0.869. The number of hydrogen-bond donors (Lipinski definition) is 3. The van der Waals surface area contributed by atoms with Crippen molar-refractivity contribution in [2.75, 3.05) is 19.5 Å². The second kappa shape index (κ2) is 6.65. The van der Waals surface area contributed by atoms with Crippen LogP contribution in [0.25, 0.3) is 0 Å². The Morgan fingerprint density at radius 1 is 1.18 bits per heavy atom. The quantitative estimate of drug-likeness (QED) is 0.746. The molecule has 2 atom stereocenters. The molecule has 1 aromatic rings. The highest BCUT2D eigenvalue weighted by Crippen LogP contribution is 2.34. The van der Waals surface area contributed by atoms with Crippen molar-refractivity contribution < 1.29 is 19.1 Å². The van der Waals surface area contributed by atoms with Gasteiger partial charge in [0, 0.05) is 18.0 Å². The molecule has 0 heterocycles. The first-order valence-electron chi connectivity index (χ1n) is 7.08. The molecule has 0 radical (unpaired) electrons. The summed E-state index contributed by atoms with van der Waals surface area (Å²) in [6.07, 6.45) is 2.21.